The Morgan fingerprint density at radius 1 is 1.09 bits per heavy atom. The van der Waals surface area contributed by atoms with Gasteiger partial charge in [0.1, 0.15) is 11.6 Å². The SMILES string of the molecule is O=C(O)[C@H]1CN(c2ccccc2)C[C@@H]1c1ccc(F)cc1F. The Hall–Kier alpha value is -2.43. The predicted octanol–water partition coefficient (Wildman–Crippen LogP) is 3.27. The molecule has 22 heavy (non-hydrogen) atoms. The molecular formula is C17H15F2NO2. The Bertz CT molecular complexity index is 690. The maximum Gasteiger partial charge on any atom is 0.308 e. The second kappa shape index (κ2) is 5.75. The van der Waals surface area contributed by atoms with Gasteiger partial charge in [0.2, 0.25) is 0 Å². The van der Waals surface area contributed by atoms with Crippen LogP contribution < -0.4 is 4.90 Å². The zero-order valence-corrected chi connectivity index (χ0v) is 11.7. The highest BCUT2D eigenvalue weighted by atomic mass is 19.1. The molecule has 0 amide bonds. The fraction of sp³-hybridized carbons (Fsp3) is 0.235. The average molecular weight is 303 g/mol. The maximum absolute atomic E-state index is 14.0. The molecule has 2 aromatic rings. The number of para-hydroxylation sites is 1. The van der Waals surface area contributed by atoms with E-state index in [1.165, 1.54) is 12.1 Å². The number of anilines is 1. The van der Waals surface area contributed by atoms with Crippen molar-refractivity contribution >= 4 is 11.7 Å². The van der Waals surface area contributed by atoms with Gasteiger partial charge in [0.15, 0.2) is 0 Å². The first-order chi connectivity index (χ1) is 10.6. The zero-order chi connectivity index (χ0) is 15.7. The second-order valence-electron chi connectivity index (χ2n) is 5.46. The van der Waals surface area contributed by atoms with E-state index in [9.17, 15) is 18.7 Å². The number of hydrogen-bond acceptors (Lipinski definition) is 2. The van der Waals surface area contributed by atoms with Crippen LogP contribution in [-0.4, -0.2) is 24.2 Å². The molecule has 1 fully saturated rings. The van der Waals surface area contributed by atoms with Crippen molar-refractivity contribution < 1.29 is 18.7 Å². The van der Waals surface area contributed by atoms with E-state index < -0.39 is 29.4 Å². The van der Waals surface area contributed by atoms with Crippen LogP contribution in [0.1, 0.15) is 11.5 Å². The molecule has 1 aliphatic rings. The number of rotatable bonds is 3. The molecule has 1 N–H and O–H groups in total. The number of carboxylic acid groups (broad SMARTS) is 1. The van der Waals surface area contributed by atoms with Crippen molar-refractivity contribution in [1.29, 1.82) is 0 Å². The predicted molar refractivity (Wildman–Crippen MR) is 78.9 cm³/mol. The summed E-state index contributed by atoms with van der Waals surface area (Å²) in [5.74, 6) is -3.54. The van der Waals surface area contributed by atoms with Gasteiger partial charge in [-0.05, 0) is 23.8 Å². The summed E-state index contributed by atoms with van der Waals surface area (Å²) in [4.78, 5) is 13.4. The van der Waals surface area contributed by atoms with Crippen LogP contribution in [0.4, 0.5) is 14.5 Å². The molecule has 1 heterocycles. The lowest BCUT2D eigenvalue weighted by molar-refractivity contribution is -0.141. The van der Waals surface area contributed by atoms with Crippen LogP contribution in [0.5, 0.6) is 0 Å². The van der Waals surface area contributed by atoms with Crippen molar-refractivity contribution in [2.45, 2.75) is 5.92 Å². The number of benzene rings is 2. The molecule has 0 bridgehead atoms. The fourth-order valence-corrected chi connectivity index (χ4v) is 3.02. The first-order valence-corrected chi connectivity index (χ1v) is 7.04. The summed E-state index contributed by atoms with van der Waals surface area (Å²) in [6, 6.07) is 12.7. The number of aliphatic carboxylic acids is 1. The normalized spacial score (nSPS) is 21.1. The molecule has 0 aromatic heterocycles. The first kappa shape index (κ1) is 14.5. The van der Waals surface area contributed by atoms with Crippen LogP contribution in [0.15, 0.2) is 48.5 Å². The van der Waals surface area contributed by atoms with Gasteiger partial charge in [-0.15, -0.1) is 0 Å². The molecule has 2 aromatic carbocycles. The monoisotopic (exact) mass is 303 g/mol. The van der Waals surface area contributed by atoms with Crippen molar-refractivity contribution in [2.24, 2.45) is 5.92 Å². The number of carbonyl (C=O) groups is 1. The summed E-state index contributed by atoms with van der Waals surface area (Å²) in [6.45, 7) is 0.699. The van der Waals surface area contributed by atoms with Crippen LogP contribution >= 0.6 is 0 Å². The molecule has 1 aliphatic heterocycles. The molecule has 0 unspecified atom stereocenters. The van der Waals surface area contributed by atoms with Gasteiger partial charge in [-0.2, -0.15) is 0 Å². The van der Waals surface area contributed by atoms with Crippen molar-refractivity contribution in [2.75, 3.05) is 18.0 Å². The summed E-state index contributed by atoms with van der Waals surface area (Å²) in [6.07, 6.45) is 0. The zero-order valence-electron chi connectivity index (χ0n) is 11.7. The molecule has 3 rings (SSSR count). The summed E-state index contributed by atoms with van der Waals surface area (Å²) >= 11 is 0. The average Bonchev–Trinajstić information content (AvgIpc) is 2.93. The largest absolute Gasteiger partial charge is 0.481 e. The van der Waals surface area contributed by atoms with Gasteiger partial charge >= 0.3 is 5.97 Å². The van der Waals surface area contributed by atoms with E-state index in [-0.39, 0.29) is 5.56 Å². The van der Waals surface area contributed by atoms with Crippen molar-refractivity contribution in [3.8, 4) is 0 Å². The molecular weight excluding hydrogens is 288 g/mol. The Balaban J connectivity index is 1.94. The molecule has 0 spiro atoms. The highest BCUT2D eigenvalue weighted by Gasteiger charge is 2.39. The van der Waals surface area contributed by atoms with Gasteiger partial charge < -0.3 is 10.0 Å². The van der Waals surface area contributed by atoms with Crippen LogP contribution in [0.3, 0.4) is 0 Å². The number of hydrogen-bond donors (Lipinski definition) is 1. The van der Waals surface area contributed by atoms with Crippen LogP contribution in [0.2, 0.25) is 0 Å². The van der Waals surface area contributed by atoms with E-state index in [0.717, 1.165) is 11.8 Å². The van der Waals surface area contributed by atoms with E-state index >= 15 is 0 Å². The third-order valence-electron chi connectivity index (χ3n) is 4.12. The smallest absolute Gasteiger partial charge is 0.308 e. The topological polar surface area (TPSA) is 40.5 Å². The summed E-state index contributed by atoms with van der Waals surface area (Å²) in [7, 11) is 0. The number of halogens is 2. The summed E-state index contributed by atoms with van der Waals surface area (Å²) in [5, 5.41) is 9.43. The van der Waals surface area contributed by atoms with Crippen LogP contribution in [0, 0.1) is 17.6 Å². The lowest BCUT2D eigenvalue weighted by Crippen LogP contribution is -2.23. The van der Waals surface area contributed by atoms with Gasteiger partial charge in [-0.25, -0.2) is 8.78 Å². The van der Waals surface area contributed by atoms with E-state index in [2.05, 4.69) is 0 Å². The minimum Gasteiger partial charge on any atom is -0.481 e. The summed E-state index contributed by atoms with van der Waals surface area (Å²) in [5.41, 5.74) is 1.16. The van der Waals surface area contributed by atoms with Crippen molar-refractivity contribution in [3.05, 3.63) is 65.7 Å². The fourth-order valence-electron chi connectivity index (χ4n) is 3.02. The minimum atomic E-state index is -0.966. The molecule has 2 atom stereocenters. The highest BCUT2D eigenvalue weighted by molar-refractivity contribution is 5.74. The van der Waals surface area contributed by atoms with Gasteiger partial charge in [0, 0.05) is 30.8 Å². The molecule has 0 aliphatic carbocycles. The Kier molecular flexibility index (Phi) is 3.79. The van der Waals surface area contributed by atoms with Gasteiger partial charge in [-0.3, -0.25) is 4.79 Å². The Labute approximate surface area is 126 Å². The third-order valence-corrected chi connectivity index (χ3v) is 4.12. The van der Waals surface area contributed by atoms with E-state index in [1.54, 1.807) is 0 Å². The highest BCUT2D eigenvalue weighted by Crippen LogP contribution is 2.36. The van der Waals surface area contributed by atoms with Crippen LogP contribution in [0.25, 0.3) is 0 Å². The first-order valence-electron chi connectivity index (χ1n) is 7.04. The molecule has 114 valence electrons. The standard InChI is InChI=1S/C17H15F2NO2/c18-11-6-7-13(16(19)8-11)14-9-20(10-15(14)17(21)22)12-4-2-1-3-5-12/h1-8,14-15H,9-10H2,(H,21,22)/t14-,15+/m1/s1. The molecule has 5 heteroatoms. The molecule has 3 nitrogen and oxygen atoms in total. The lowest BCUT2D eigenvalue weighted by atomic mass is 9.88. The lowest BCUT2D eigenvalue weighted by Gasteiger charge is -2.18. The molecule has 0 radical (unpaired) electrons. The Morgan fingerprint density at radius 2 is 1.82 bits per heavy atom. The Morgan fingerprint density at radius 3 is 2.45 bits per heavy atom. The summed E-state index contributed by atoms with van der Waals surface area (Å²) < 4.78 is 27.1. The van der Waals surface area contributed by atoms with Crippen LogP contribution in [-0.2, 0) is 4.79 Å². The van der Waals surface area contributed by atoms with E-state index in [0.29, 0.717) is 13.1 Å². The van der Waals surface area contributed by atoms with Gasteiger partial charge in [-0.1, -0.05) is 24.3 Å². The molecule has 0 saturated carbocycles. The van der Waals surface area contributed by atoms with Crippen molar-refractivity contribution in [1.82, 2.24) is 0 Å². The quantitative estimate of drug-likeness (QED) is 0.946. The van der Waals surface area contributed by atoms with Crippen molar-refractivity contribution in [3.63, 3.8) is 0 Å². The maximum atomic E-state index is 14.0. The minimum absolute atomic E-state index is 0.257. The second-order valence-corrected chi connectivity index (χ2v) is 5.46. The third kappa shape index (κ3) is 2.66. The van der Waals surface area contributed by atoms with Gasteiger partial charge in [0.05, 0.1) is 5.92 Å². The van der Waals surface area contributed by atoms with E-state index in [4.69, 9.17) is 0 Å². The number of carboxylic acids is 1. The van der Waals surface area contributed by atoms with E-state index in [1.807, 2.05) is 35.2 Å². The molecule has 1 saturated heterocycles. The number of nitrogens with zero attached hydrogens (tertiary/aromatic N) is 1. The van der Waals surface area contributed by atoms with Gasteiger partial charge in [0.25, 0.3) is 0 Å².